The first-order valence-electron chi connectivity index (χ1n) is 6.34. The van der Waals surface area contributed by atoms with Crippen LogP contribution in [0.1, 0.15) is 11.1 Å². The number of hydrogen-bond donors (Lipinski definition) is 0. The van der Waals surface area contributed by atoms with E-state index in [1.807, 2.05) is 48.3 Å². The highest BCUT2D eigenvalue weighted by atomic mass is 35.5. The standard InChI is InChI=1S/C16H15ClN2OS/c1-19(14-6-5-13(10-18)16(17)9-14)11-12-3-7-15(8-4-12)21(2)20/h3-9H,11H2,1-2H3/t21-/m1/s1. The van der Waals surface area contributed by atoms with Crippen molar-refractivity contribution in [3.05, 3.63) is 58.6 Å². The van der Waals surface area contributed by atoms with Crippen LogP contribution in [0, 0.1) is 11.3 Å². The Balaban J connectivity index is 2.14. The van der Waals surface area contributed by atoms with Crippen LogP contribution < -0.4 is 4.90 Å². The van der Waals surface area contributed by atoms with Gasteiger partial charge in [0, 0.05) is 41.2 Å². The lowest BCUT2D eigenvalue weighted by molar-refractivity contribution is 0.687. The number of hydrogen-bond acceptors (Lipinski definition) is 3. The maximum absolute atomic E-state index is 11.4. The van der Waals surface area contributed by atoms with Crippen LogP contribution in [0.4, 0.5) is 5.69 Å². The Hall–Kier alpha value is -1.83. The van der Waals surface area contributed by atoms with Gasteiger partial charge in [0.2, 0.25) is 0 Å². The van der Waals surface area contributed by atoms with E-state index in [1.54, 1.807) is 18.4 Å². The van der Waals surface area contributed by atoms with Crippen molar-refractivity contribution in [2.24, 2.45) is 0 Å². The van der Waals surface area contributed by atoms with E-state index in [0.717, 1.165) is 16.1 Å². The Morgan fingerprint density at radius 1 is 1.24 bits per heavy atom. The quantitative estimate of drug-likeness (QED) is 0.865. The SMILES string of the molecule is CN(Cc1ccc([S@@](C)=O)cc1)c1ccc(C#N)c(Cl)c1. The molecule has 0 saturated carbocycles. The molecule has 0 radical (unpaired) electrons. The van der Waals surface area contributed by atoms with Crippen molar-refractivity contribution in [2.45, 2.75) is 11.4 Å². The van der Waals surface area contributed by atoms with Crippen molar-refractivity contribution in [3.63, 3.8) is 0 Å². The van der Waals surface area contributed by atoms with Crippen LogP contribution in [0.3, 0.4) is 0 Å². The summed E-state index contributed by atoms with van der Waals surface area (Å²) in [6.45, 7) is 0.707. The normalized spacial score (nSPS) is 11.7. The summed E-state index contributed by atoms with van der Waals surface area (Å²) in [5.74, 6) is 0. The van der Waals surface area contributed by atoms with Gasteiger partial charge in [-0.3, -0.25) is 4.21 Å². The van der Waals surface area contributed by atoms with Crippen LogP contribution in [0.2, 0.25) is 5.02 Å². The van der Waals surface area contributed by atoms with Gasteiger partial charge in [-0.05, 0) is 35.9 Å². The summed E-state index contributed by atoms with van der Waals surface area (Å²) in [6.07, 6.45) is 1.67. The highest BCUT2D eigenvalue weighted by molar-refractivity contribution is 7.84. The Bertz CT molecular complexity index is 707. The van der Waals surface area contributed by atoms with Gasteiger partial charge in [-0.2, -0.15) is 5.26 Å². The molecule has 2 aromatic carbocycles. The van der Waals surface area contributed by atoms with Crippen LogP contribution in [-0.2, 0) is 17.3 Å². The predicted molar refractivity (Wildman–Crippen MR) is 87.0 cm³/mol. The van der Waals surface area contributed by atoms with Crippen molar-refractivity contribution in [2.75, 3.05) is 18.2 Å². The third kappa shape index (κ3) is 3.84. The lowest BCUT2D eigenvalue weighted by atomic mass is 10.2. The minimum Gasteiger partial charge on any atom is -0.370 e. The fourth-order valence-corrected chi connectivity index (χ4v) is 2.72. The average molecular weight is 319 g/mol. The van der Waals surface area contributed by atoms with Crippen LogP contribution in [0.5, 0.6) is 0 Å². The molecular weight excluding hydrogens is 304 g/mol. The maximum Gasteiger partial charge on any atom is 0.101 e. The highest BCUT2D eigenvalue weighted by Gasteiger charge is 2.06. The van der Waals surface area contributed by atoms with E-state index in [9.17, 15) is 4.21 Å². The molecule has 0 fully saturated rings. The minimum atomic E-state index is -0.954. The molecule has 0 spiro atoms. The first-order chi connectivity index (χ1) is 10.0. The molecule has 0 amide bonds. The summed E-state index contributed by atoms with van der Waals surface area (Å²) in [5.41, 5.74) is 2.54. The summed E-state index contributed by atoms with van der Waals surface area (Å²) in [7, 11) is 1.01. The summed E-state index contributed by atoms with van der Waals surface area (Å²) in [6, 6.07) is 15.1. The molecule has 0 N–H and O–H groups in total. The van der Waals surface area contributed by atoms with Crippen LogP contribution >= 0.6 is 11.6 Å². The maximum atomic E-state index is 11.4. The molecular formula is C16H15ClN2OS. The summed E-state index contributed by atoms with van der Waals surface area (Å²) >= 11 is 6.05. The van der Waals surface area contributed by atoms with Crippen molar-refractivity contribution < 1.29 is 4.21 Å². The molecule has 0 bridgehead atoms. The van der Waals surface area contributed by atoms with Crippen molar-refractivity contribution in [1.29, 1.82) is 5.26 Å². The third-order valence-electron chi connectivity index (χ3n) is 3.19. The molecule has 108 valence electrons. The fraction of sp³-hybridized carbons (Fsp3) is 0.188. The Labute approximate surface area is 132 Å². The number of halogens is 1. The van der Waals surface area contributed by atoms with Gasteiger partial charge in [-0.25, -0.2) is 0 Å². The second-order valence-corrected chi connectivity index (χ2v) is 6.52. The molecule has 1 atom stereocenters. The summed E-state index contributed by atoms with van der Waals surface area (Å²) < 4.78 is 11.4. The Kier molecular flexibility index (Phi) is 5.00. The average Bonchev–Trinajstić information content (AvgIpc) is 2.47. The van der Waals surface area contributed by atoms with E-state index < -0.39 is 10.8 Å². The number of nitrogens with zero attached hydrogens (tertiary/aromatic N) is 2. The van der Waals surface area contributed by atoms with E-state index in [-0.39, 0.29) is 0 Å². The molecule has 3 nitrogen and oxygen atoms in total. The van der Waals surface area contributed by atoms with Gasteiger partial charge in [0.05, 0.1) is 10.6 Å². The second kappa shape index (κ2) is 6.75. The topological polar surface area (TPSA) is 44.1 Å². The largest absolute Gasteiger partial charge is 0.370 e. The second-order valence-electron chi connectivity index (χ2n) is 4.73. The van der Waals surface area contributed by atoms with E-state index in [4.69, 9.17) is 16.9 Å². The zero-order valence-corrected chi connectivity index (χ0v) is 13.4. The first-order valence-corrected chi connectivity index (χ1v) is 8.28. The van der Waals surface area contributed by atoms with E-state index in [1.165, 1.54) is 0 Å². The van der Waals surface area contributed by atoms with Gasteiger partial charge in [0.1, 0.15) is 6.07 Å². The van der Waals surface area contributed by atoms with Gasteiger partial charge >= 0.3 is 0 Å². The molecule has 21 heavy (non-hydrogen) atoms. The Morgan fingerprint density at radius 2 is 1.90 bits per heavy atom. The zero-order valence-electron chi connectivity index (χ0n) is 11.8. The van der Waals surface area contributed by atoms with Gasteiger partial charge in [-0.15, -0.1) is 0 Å². The molecule has 2 rings (SSSR count). The van der Waals surface area contributed by atoms with E-state index in [2.05, 4.69) is 0 Å². The molecule has 0 heterocycles. The molecule has 0 aromatic heterocycles. The van der Waals surface area contributed by atoms with Gasteiger partial charge in [0.25, 0.3) is 0 Å². The van der Waals surface area contributed by atoms with Crippen LogP contribution in [0.25, 0.3) is 0 Å². The summed E-state index contributed by atoms with van der Waals surface area (Å²) in [4.78, 5) is 2.87. The third-order valence-corrected chi connectivity index (χ3v) is 4.44. The molecule has 5 heteroatoms. The molecule has 0 aliphatic rings. The van der Waals surface area contributed by atoms with Crippen LogP contribution in [0.15, 0.2) is 47.4 Å². The smallest absolute Gasteiger partial charge is 0.101 e. The van der Waals surface area contributed by atoms with Gasteiger partial charge < -0.3 is 4.90 Å². The lowest BCUT2D eigenvalue weighted by Crippen LogP contribution is -2.16. The highest BCUT2D eigenvalue weighted by Crippen LogP contribution is 2.23. The number of rotatable bonds is 4. The number of nitriles is 1. The van der Waals surface area contributed by atoms with Gasteiger partial charge in [-0.1, -0.05) is 23.7 Å². The molecule has 0 unspecified atom stereocenters. The molecule has 0 aliphatic heterocycles. The fourth-order valence-electron chi connectivity index (χ4n) is 1.98. The van der Waals surface area contributed by atoms with Crippen molar-refractivity contribution in [3.8, 4) is 6.07 Å². The van der Waals surface area contributed by atoms with E-state index in [0.29, 0.717) is 17.1 Å². The monoisotopic (exact) mass is 318 g/mol. The lowest BCUT2D eigenvalue weighted by Gasteiger charge is -2.20. The number of anilines is 1. The van der Waals surface area contributed by atoms with Crippen molar-refractivity contribution >= 4 is 28.1 Å². The zero-order chi connectivity index (χ0) is 15.4. The molecule has 2 aromatic rings. The van der Waals surface area contributed by atoms with Gasteiger partial charge in [0.15, 0.2) is 0 Å². The Morgan fingerprint density at radius 3 is 2.43 bits per heavy atom. The van der Waals surface area contributed by atoms with E-state index >= 15 is 0 Å². The van der Waals surface area contributed by atoms with Crippen LogP contribution in [-0.4, -0.2) is 17.5 Å². The molecule has 0 aliphatic carbocycles. The predicted octanol–water partition coefficient (Wildman–Crippen LogP) is 3.59. The van der Waals surface area contributed by atoms with Crippen molar-refractivity contribution in [1.82, 2.24) is 0 Å². The first kappa shape index (κ1) is 15.6. The number of benzene rings is 2. The summed E-state index contributed by atoms with van der Waals surface area (Å²) in [5, 5.41) is 9.34. The molecule has 0 saturated heterocycles. The minimum absolute atomic E-state index is 0.457.